The summed E-state index contributed by atoms with van der Waals surface area (Å²) in [6, 6.07) is 11.7. The van der Waals surface area contributed by atoms with Gasteiger partial charge in [-0.15, -0.1) is 0 Å². The molecule has 1 aliphatic heterocycles. The van der Waals surface area contributed by atoms with Crippen molar-refractivity contribution in [3.05, 3.63) is 59.4 Å². The largest absolute Gasteiger partial charge is 0.508 e. The number of ether oxygens (including phenoxy) is 1. The van der Waals surface area contributed by atoms with Gasteiger partial charge in [-0.3, -0.25) is 0 Å². The number of rotatable bonds is 4. The summed E-state index contributed by atoms with van der Waals surface area (Å²) in [5.41, 5.74) is 2.03. The highest BCUT2D eigenvalue weighted by Gasteiger charge is 2.22. The Hall–Kier alpha value is -2.07. The van der Waals surface area contributed by atoms with Crippen LogP contribution in [0.2, 0.25) is 0 Å². The number of hydrogen-bond acceptors (Lipinski definition) is 3. The van der Waals surface area contributed by atoms with E-state index in [1.807, 2.05) is 12.1 Å². The van der Waals surface area contributed by atoms with E-state index in [4.69, 9.17) is 4.74 Å². The number of phenolic OH excluding ortho intramolecular Hbond substituents is 1. The quantitative estimate of drug-likeness (QED) is 0.899. The Labute approximate surface area is 117 Å². The summed E-state index contributed by atoms with van der Waals surface area (Å²) in [6.07, 6.45) is 0.777. The molecule has 1 aliphatic rings. The zero-order chi connectivity index (χ0) is 13.9. The van der Waals surface area contributed by atoms with Gasteiger partial charge in [0.25, 0.3) is 0 Å². The molecular formula is C16H16FNO2. The van der Waals surface area contributed by atoms with Crippen LogP contribution in [0.4, 0.5) is 4.39 Å². The minimum atomic E-state index is -0.218. The van der Waals surface area contributed by atoms with E-state index in [2.05, 4.69) is 5.32 Å². The van der Waals surface area contributed by atoms with Gasteiger partial charge < -0.3 is 15.2 Å². The molecule has 2 N–H and O–H groups in total. The van der Waals surface area contributed by atoms with Crippen molar-refractivity contribution in [3.8, 4) is 11.5 Å². The second kappa shape index (κ2) is 5.51. The van der Waals surface area contributed by atoms with Crippen LogP contribution in [-0.4, -0.2) is 17.8 Å². The smallest absolute Gasteiger partial charge is 0.123 e. The molecule has 0 radical (unpaired) electrons. The summed E-state index contributed by atoms with van der Waals surface area (Å²) >= 11 is 0. The minimum absolute atomic E-state index is 0.0453. The molecule has 1 heterocycles. The maximum atomic E-state index is 13.1. The molecule has 104 valence electrons. The van der Waals surface area contributed by atoms with Crippen molar-refractivity contribution in [2.75, 3.05) is 6.54 Å². The molecule has 0 spiro atoms. The number of nitrogens with one attached hydrogen (secondary N) is 1. The van der Waals surface area contributed by atoms with Crippen LogP contribution < -0.4 is 10.1 Å². The molecule has 0 bridgehead atoms. The highest BCUT2D eigenvalue weighted by molar-refractivity contribution is 5.38. The van der Waals surface area contributed by atoms with Gasteiger partial charge in [-0.25, -0.2) is 4.39 Å². The summed E-state index contributed by atoms with van der Waals surface area (Å²) in [4.78, 5) is 0. The van der Waals surface area contributed by atoms with E-state index in [0.29, 0.717) is 13.1 Å². The molecule has 3 nitrogen and oxygen atoms in total. The molecule has 0 aliphatic carbocycles. The number of hydrogen-bond donors (Lipinski definition) is 2. The van der Waals surface area contributed by atoms with E-state index in [1.54, 1.807) is 18.2 Å². The number of halogens is 1. The first-order valence-corrected chi connectivity index (χ1v) is 6.64. The van der Waals surface area contributed by atoms with E-state index >= 15 is 0 Å². The molecule has 0 fully saturated rings. The maximum Gasteiger partial charge on any atom is 0.123 e. The summed E-state index contributed by atoms with van der Waals surface area (Å²) in [6.45, 7) is 1.42. The Balaban J connectivity index is 1.50. The highest BCUT2D eigenvalue weighted by atomic mass is 19.1. The molecule has 0 amide bonds. The van der Waals surface area contributed by atoms with Crippen LogP contribution in [0.3, 0.4) is 0 Å². The van der Waals surface area contributed by atoms with Gasteiger partial charge in [0.05, 0.1) is 0 Å². The maximum absolute atomic E-state index is 13.1. The van der Waals surface area contributed by atoms with Crippen LogP contribution in [0.15, 0.2) is 42.5 Å². The number of fused-ring (bicyclic) bond motifs is 1. The van der Waals surface area contributed by atoms with E-state index in [9.17, 15) is 9.50 Å². The van der Waals surface area contributed by atoms with Crippen molar-refractivity contribution in [1.82, 2.24) is 5.32 Å². The van der Waals surface area contributed by atoms with Crippen molar-refractivity contribution in [1.29, 1.82) is 0 Å². The minimum Gasteiger partial charge on any atom is -0.508 e. The fourth-order valence-electron chi connectivity index (χ4n) is 2.39. The van der Waals surface area contributed by atoms with Crippen LogP contribution in [0.25, 0.3) is 0 Å². The lowest BCUT2D eigenvalue weighted by atomic mass is 10.1. The lowest BCUT2D eigenvalue weighted by Crippen LogP contribution is -2.29. The van der Waals surface area contributed by atoms with E-state index in [-0.39, 0.29) is 17.7 Å². The van der Waals surface area contributed by atoms with Crippen molar-refractivity contribution in [3.63, 3.8) is 0 Å². The monoisotopic (exact) mass is 273 g/mol. The lowest BCUT2D eigenvalue weighted by molar-refractivity contribution is 0.227. The standard InChI is InChI=1S/C16H16FNO2/c17-13-3-6-16-12(7-13)8-15(20-16)10-18-9-11-1-4-14(19)5-2-11/h1-7,15,18-19H,8-10H2. The predicted octanol–water partition coefficient (Wildman–Crippen LogP) is 2.62. The fraction of sp³-hybridized carbons (Fsp3) is 0.250. The van der Waals surface area contributed by atoms with Gasteiger partial charge in [-0.1, -0.05) is 12.1 Å². The average molecular weight is 273 g/mol. The van der Waals surface area contributed by atoms with Crippen molar-refractivity contribution < 1.29 is 14.2 Å². The first kappa shape index (κ1) is 12.9. The van der Waals surface area contributed by atoms with Gasteiger partial charge in [0.15, 0.2) is 0 Å². The second-order valence-corrected chi connectivity index (χ2v) is 4.99. The van der Waals surface area contributed by atoms with Gasteiger partial charge in [-0.05, 0) is 35.9 Å². The molecule has 4 heteroatoms. The van der Waals surface area contributed by atoms with Crippen LogP contribution in [0, 0.1) is 5.82 Å². The summed E-state index contributed by atoms with van der Waals surface area (Å²) in [5.74, 6) is 0.832. The molecule has 0 saturated heterocycles. The Morgan fingerprint density at radius 3 is 2.80 bits per heavy atom. The fourth-order valence-corrected chi connectivity index (χ4v) is 2.39. The predicted molar refractivity (Wildman–Crippen MR) is 74.3 cm³/mol. The van der Waals surface area contributed by atoms with Crippen molar-refractivity contribution >= 4 is 0 Å². The molecule has 3 rings (SSSR count). The summed E-state index contributed by atoms with van der Waals surface area (Å²) < 4.78 is 18.9. The van der Waals surface area contributed by atoms with E-state index in [1.165, 1.54) is 12.1 Å². The van der Waals surface area contributed by atoms with Gasteiger partial charge in [0, 0.05) is 25.1 Å². The zero-order valence-corrected chi connectivity index (χ0v) is 11.0. The Morgan fingerprint density at radius 1 is 1.20 bits per heavy atom. The Bertz CT molecular complexity index is 598. The van der Waals surface area contributed by atoms with Gasteiger partial charge >= 0.3 is 0 Å². The molecule has 0 saturated carbocycles. The van der Waals surface area contributed by atoms with Crippen molar-refractivity contribution in [2.45, 2.75) is 19.1 Å². The third-order valence-corrected chi connectivity index (χ3v) is 3.40. The first-order valence-electron chi connectivity index (χ1n) is 6.64. The third-order valence-electron chi connectivity index (χ3n) is 3.40. The zero-order valence-electron chi connectivity index (χ0n) is 11.0. The lowest BCUT2D eigenvalue weighted by Gasteiger charge is -2.12. The first-order chi connectivity index (χ1) is 9.70. The topological polar surface area (TPSA) is 41.5 Å². The van der Waals surface area contributed by atoms with Gasteiger partial charge in [0.2, 0.25) is 0 Å². The number of phenols is 1. The third kappa shape index (κ3) is 2.91. The number of aromatic hydroxyl groups is 1. The normalized spacial score (nSPS) is 16.8. The molecule has 2 aromatic rings. The highest BCUT2D eigenvalue weighted by Crippen LogP contribution is 2.28. The van der Waals surface area contributed by atoms with Crippen LogP contribution in [-0.2, 0) is 13.0 Å². The van der Waals surface area contributed by atoms with Gasteiger partial charge in [0.1, 0.15) is 23.4 Å². The van der Waals surface area contributed by atoms with Crippen LogP contribution in [0.5, 0.6) is 11.5 Å². The molecule has 2 aromatic carbocycles. The van der Waals surface area contributed by atoms with Crippen LogP contribution in [0.1, 0.15) is 11.1 Å². The SMILES string of the molecule is Oc1ccc(CNCC2Cc3cc(F)ccc3O2)cc1. The summed E-state index contributed by atoms with van der Waals surface area (Å²) in [7, 11) is 0. The second-order valence-electron chi connectivity index (χ2n) is 4.99. The molecular weight excluding hydrogens is 257 g/mol. The molecule has 1 atom stereocenters. The number of benzene rings is 2. The van der Waals surface area contributed by atoms with Crippen LogP contribution >= 0.6 is 0 Å². The molecule has 0 aromatic heterocycles. The summed E-state index contributed by atoms with van der Waals surface area (Å²) in [5, 5.41) is 12.5. The van der Waals surface area contributed by atoms with E-state index < -0.39 is 0 Å². The average Bonchev–Trinajstić information content (AvgIpc) is 2.83. The van der Waals surface area contributed by atoms with Gasteiger partial charge in [-0.2, -0.15) is 0 Å². The Morgan fingerprint density at radius 2 is 2.00 bits per heavy atom. The van der Waals surface area contributed by atoms with Crippen molar-refractivity contribution in [2.24, 2.45) is 0 Å². The Kier molecular flexibility index (Phi) is 3.56. The molecule has 20 heavy (non-hydrogen) atoms. The molecule has 1 unspecified atom stereocenters. The van der Waals surface area contributed by atoms with E-state index in [0.717, 1.165) is 23.3 Å².